The molecule has 3 heteroatoms. The molecule has 6 unspecified atom stereocenters. The summed E-state index contributed by atoms with van der Waals surface area (Å²) >= 11 is 0. The van der Waals surface area contributed by atoms with E-state index in [-0.39, 0.29) is 50.7 Å². The van der Waals surface area contributed by atoms with Crippen molar-refractivity contribution in [2.75, 3.05) is 0 Å². The zero-order valence-electron chi connectivity index (χ0n) is 22.0. The second-order valence-corrected chi connectivity index (χ2v) is 15.2. The molecule has 6 aliphatic rings. The maximum atomic E-state index is 13.3. The van der Waals surface area contributed by atoms with Gasteiger partial charge < -0.3 is 9.84 Å². The van der Waals surface area contributed by atoms with Gasteiger partial charge in [0, 0.05) is 11.3 Å². The number of esters is 1. The highest BCUT2D eigenvalue weighted by Crippen LogP contribution is 2.77. The molecule has 5 fully saturated rings. The summed E-state index contributed by atoms with van der Waals surface area (Å²) in [7, 11) is 0. The molecule has 3 nitrogen and oxygen atoms in total. The number of aliphatic hydroxyl groups is 1. The predicted molar refractivity (Wildman–Crippen MR) is 130 cm³/mol. The number of aliphatic hydroxyl groups excluding tert-OH is 1. The molecule has 0 aromatic rings. The van der Waals surface area contributed by atoms with Gasteiger partial charge in [-0.25, -0.2) is 0 Å². The van der Waals surface area contributed by atoms with Crippen molar-refractivity contribution in [1.29, 1.82) is 0 Å². The molecule has 0 aromatic carbocycles. The first kappa shape index (κ1) is 22.6. The number of carbonyl (C=O) groups excluding carboxylic acids is 1. The van der Waals surface area contributed by atoms with Crippen molar-refractivity contribution in [1.82, 2.24) is 0 Å². The summed E-state index contributed by atoms with van der Waals surface area (Å²) in [6.07, 6.45) is 13.5. The third-order valence-electron chi connectivity index (χ3n) is 13.5. The lowest BCUT2D eigenvalue weighted by molar-refractivity contribution is -0.231. The van der Waals surface area contributed by atoms with E-state index in [9.17, 15) is 9.90 Å². The number of ether oxygens (including phenoxy) is 1. The Kier molecular flexibility index (Phi) is 4.31. The van der Waals surface area contributed by atoms with Crippen molar-refractivity contribution in [3.63, 3.8) is 0 Å². The van der Waals surface area contributed by atoms with E-state index in [2.05, 4.69) is 60.6 Å². The quantitative estimate of drug-likeness (QED) is 0.334. The second-order valence-electron chi connectivity index (χ2n) is 15.2. The minimum atomic E-state index is -0.343. The van der Waals surface area contributed by atoms with Gasteiger partial charge in [-0.05, 0) is 90.8 Å². The highest BCUT2D eigenvalue weighted by Gasteiger charge is 2.74. The maximum absolute atomic E-state index is 13.3. The molecule has 1 N–H and O–H groups in total. The zero-order valence-corrected chi connectivity index (χ0v) is 22.0. The van der Waals surface area contributed by atoms with Crippen LogP contribution in [0.1, 0.15) is 99.8 Å². The molecule has 1 aliphatic heterocycles. The molecule has 184 valence electrons. The van der Waals surface area contributed by atoms with Gasteiger partial charge in [-0.15, -0.1) is 0 Å². The lowest BCUT2D eigenvalue weighted by Gasteiger charge is -2.72. The summed E-state index contributed by atoms with van der Waals surface area (Å²) in [4.78, 5) is 13.3. The van der Waals surface area contributed by atoms with E-state index in [4.69, 9.17) is 4.74 Å². The van der Waals surface area contributed by atoms with Crippen LogP contribution < -0.4 is 0 Å². The van der Waals surface area contributed by atoms with Gasteiger partial charge in [-0.1, -0.05) is 60.6 Å². The second kappa shape index (κ2) is 6.29. The summed E-state index contributed by atoms with van der Waals surface area (Å²) in [6.45, 7) is 17.0. The molecule has 2 bridgehead atoms. The Morgan fingerprint density at radius 3 is 2.27 bits per heavy atom. The molecule has 0 amide bonds. The highest BCUT2D eigenvalue weighted by atomic mass is 16.6. The number of hydrogen-bond donors (Lipinski definition) is 1. The topological polar surface area (TPSA) is 46.5 Å². The number of hydrogen-bond acceptors (Lipinski definition) is 3. The third kappa shape index (κ3) is 2.40. The molecular weight excluding hydrogens is 408 g/mol. The smallest absolute Gasteiger partial charge is 0.312 e. The maximum Gasteiger partial charge on any atom is 0.312 e. The fourth-order valence-corrected chi connectivity index (χ4v) is 11.3. The lowest BCUT2D eigenvalue weighted by Crippen LogP contribution is -2.67. The van der Waals surface area contributed by atoms with Gasteiger partial charge in [-0.2, -0.15) is 0 Å². The van der Waals surface area contributed by atoms with E-state index in [1.165, 1.54) is 32.1 Å². The van der Waals surface area contributed by atoms with Crippen LogP contribution in [0.25, 0.3) is 0 Å². The Hall–Kier alpha value is -0.830. The molecular formula is C30H46O3. The van der Waals surface area contributed by atoms with E-state index in [0.717, 1.165) is 19.3 Å². The van der Waals surface area contributed by atoms with E-state index >= 15 is 0 Å². The van der Waals surface area contributed by atoms with E-state index in [0.29, 0.717) is 23.7 Å². The average molecular weight is 455 g/mol. The Balaban J connectivity index is 1.43. The predicted octanol–water partition coefficient (Wildman–Crippen LogP) is 6.54. The van der Waals surface area contributed by atoms with Gasteiger partial charge in [0.25, 0.3) is 0 Å². The van der Waals surface area contributed by atoms with Crippen LogP contribution >= 0.6 is 0 Å². The molecule has 10 atom stereocenters. The summed E-state index contributed by atoms with van der Waals surface area (Å²) in [6, 6.07) is 0. The SMILES string of the molecule is CC1(C)CCC23CC[C@@]4(C)C(CCC5[C@@]6(C)C=C[C@H](O)C(C)(C)C6CC[C@]54C)C2C1OC3=O. The molecule has 0 aromatic heterocycles. The van der Waals surface area contributed by atoms with Crippen LogP contribution in [0.15, 0.2) is 12.2 Å². The molecule has 1 heterocycles. The van der Waals surface area contributed by atoms with Crippen molar-refractivity contribution < 1.29 is 14.6 Å². The van der Waals surface area contributed by atoms with Gasteiger partial charge in [0.1, 0.15) is 6.10 Å². The molecule has 33 heavy (non-hydrogen) atoms. The largest absolute Gasteiger partial charge is 0.461 e. The standard InChI is InChI=1S/C30H46O3/c1-25(2)14-16-30-17-15-28(6)18(22(30)23(25)33-24(30)32)8-9-20-27(5)12-11-21(31)26(3,4)19(27)10-13-29(20,28)7/h11-12,18-23,31H,8-10,13-17H2,1-7H3/t18?,19?,20?,21-,22?,23?,27-,28-,29+,30?/m0/s1. The molecule has 4 saturated carbocycles. The lowest BCUT2D eigenvalue weighted by atomic mass is 9.32. The van der Waals surface area contributed by atoms with Crippen molar-refractivity contribution >= 4 is 5.97 Å². The van der Waals surface area contributed by atoms with Gasteiger partial charge >= 0.3 is 5.97 Å². The van der Waals surface area contributed by atoms with E-state index in [1.54, 1.807) is 0 Å². The van der Waals surface area contributed by atoms with Gasteiger partial charge in [-0.3, -0.25) is 4.79 Å². The first-order valence-electron chi connectivity index (χ1n) is 13.8. The molecule has 5 aliphatic carbocycles. The summed E-state index contributed by atoms with van der Waals surface area (Å²) in [5, 5.41) is 10.8. The minimum Gasteiger partial charge on any atom is -0.461 e. The number of rotatable bonds is 0. The van der Waals surface area contributed by atoms with Crippen molar-refractivity contribution in [2.24, 2.45) is 56.2 Å². The fraction of sp³-hybridized carbons (Fsp3) is 0.900. The Morgan fingerprint density at radius 2 is 1.55 bits per heavy atom. The van der Waals surface area contributed by atoms with E-state index in [1.807, 2.05) is 0 Å². The van der Waals surface area contributed by atoms with Crippen molar-refractivity contribution in [3.05, 3.63) is 12.2 Å². The Labute approximate surface area is 201 Å². The van der Waals surface area contributed by atoms with Crippen LogP contribution in [0.2, 0.25) is 0 Å². The monoisotopic (exact) mass is 454 g/mol. The molecule has 1 saturated heterocycles. The van der Waals surface area contributed by atoms with Crippen LogP contribution in [-0.4, -0.2) is 23.3 Å². The number of fused-ring (bicyclic) bond motifs is 5. The molecule has 0 radical (unpaired) electrons. The van der Waals surface area contributed by atoms with Gasteiger partial charge in [0.05, 0.1) is 11.5 Å². The highest BCUT2D eigenvalue weighted by molar-refractivity contribution is 5.81. The Morgan fingerprint density at radius 1 is 0.848 bits per heavy atom. The van der Waals surface area contributed by atoms with Crippen molar-refractivity contribution in [3.8, 4) is 0 Å². The third-order valence-corrected chi connectivity index (χ3v) is 13.5. The normalized spacial score (nSPS) is 57.9. The molecule has 0 spiro atoms. The zero-order chi connectivity index (χ0) is 23.8. The van der Waals surface area contributed by atoms with Crippen LogP contribution in [0, 0.1) is 56.2 Å². The number of carbonyl (C=O) groups is 1. The van der Waals surface area contributed by atoms with Crippen LogP contribution in [0.4, 0.5) is 0 Å². The van der Waals surface area contributed by atoms with Gasteiger partial charge in [0.2, 0.25) is 0 Å². The van der Waals surface area contributed by atoms with Crippen LogP contribution in [0.5, 0.6) is 0 Å². The summed E-state index contributed by atoms with van der Waals surface area (Å²) < 4.78 is 6.27. The summed E-state index contributed by atoms with van der Waals surface area (Å²) in [5.74, 6) is 2.27. The minimum absolute atomic E-state index is 0.0774. The first-order valence-corrected chi connectivity index (χ1v) is 13.8. The number of allylic oxidation sites excluding steroid dienone is 1. The van der Waals surface area contributed by atoms with Crippen LogP contribution in [0.3, 0.4) is 0 Å². The summed E-state index contributed by atoms with van der Waals surface area (Å²) in [5.41, 5.74) is 0.445. The fourth-order valence-electron chi connectivity index (χ4n) is 11.3. The van der Waals surface area contributed by atoms with E-state index < -0.39 is 0 Å². The average Bonchev–Trinajstić information content (AvgIpc) is 2.99. The van der Waals surface area contributed by atoms with Crippen LogP contribution in [-0.2, 0) is 9.53 Å². The first-order chi connectivity index (χ1) is 15.2. The molecule has 6 rings (SSSR count). The Bertz CT molecular complexity index is 918. The van der Waals surface area contributed by atoms with Crippen molar-refractivity contribution in [2.45, 2.75) is 112 Å². The van der Waals surface area contributed by atoms with Gasteiger partial charge in [0.15, 0.2) is 0 Å².